The minimum atomic E-state index is 0.0951. The maximum Gasteiger partial charge on any atom is 0.236 e. The largest absolute Gasteiger partial charge is 0.497 e. The number of methoxy groups -OCH3 is 1. The number of amides is 1. The number of hydrogen-bond acceptors (Lipinski definition) is 4. The van der Waals surface area contributed by atoms with Crippen LogP contribution < -0.4 is 10.5 Å². The predicted molar refractivity (Wildman–Crippen MR) is 77.1 cm³/mol. The zero-order valence-electron chi connectivity index (χ0n) is 12.1. The molecule has 0 saturated heterocycles. The van der Waals surface area contributed by atoms with Crippen molar-refractivity contribution in [2.75, 3.05) is 40.0 Å². The molecule has 0 aliphatic rings. The summed E-state index contributed by atoms with van der Waals surface area (Å²) in [5.41, 5.74) is 7.55. The van der Waals surface area contributed by atoms with Crippen LogP contribution in [0.4, 0.5) is 5.69 Å². The molecule has 1 rings (SSSR count). The van der Waals surface area contributed by atoms with Gasteiger partial charge in [-0.25, -0.2) is 0 Å². The number of carbonyl (C=O) groups is 1. The van der Waals surface area contributed by atoms with Crippen molar-refractivity contribution < 1.29 is 9.53 Å². The molecule has 0 aliphatic heterocycles. The number of likely N-dealkylation sites (N-methyl/N-ethyl adjacent to an activating group) is 2. The van der Waals surface area contributed by atoms with Crippen LogP contribution in [0, 0.1) is 0 Å². The van der Waals surface area contributed by atoms with E-state index in [4.69, 9.17) is 10.5 Å². The van der Waals surface area contributed by atoms with E-state index in [0.717, 1.165) is 17.9 Å². The van der Waals surface area contributed by atoms with Crippen LogP contribution in [0.15, 0.2) is 18.2 Å². The van der Waals surface area contributed by atoms with Crippen molar-refractivity contribution in [1.82, 2.24) is 9.80 Å². The summed E-state index contributed by atoms with van der Waals surface area (Å²) in [6, 6.07) is 5.63. The fraction of sp³-hybridized carbons (Fsp3) is 0.500. The number of hydrogen-bond donors (Lipinski definition) is 1. The molecule has 0 bridgehead atoms. The first-order valence-electron chi connectivity index (χ1n) is 6.32. The minimum Gasteiger partial charge on any atom is -0.497 e. The number of nitrogens with zero attached hydrogens (tertiary/aromatic N) is 2. The zero-order chi connectivity index (χ0) is 14.4. The first kappa shape index (κ1) is 15.3. The number of anilines is 1. The van der Waals surface area contributed by atoms with E-state index in [1.807, 2.05) is 19.1 Å². The highest BCUT2D eigenvalue weighted by Gasteiger charge is 2.12. The Morgan fingerprint density at radius 2 is 2.00 bits per heavy atom. The average Bonchev–Trinajstić information content (AvgIpc) is 2.36. The van der Waals surface area contributed by atoms with Crippen LogP contribution in [0.2, 0.25) is 0 Å². The van der Waals surface area contributed by atoms with Gasteiger partial charge in [-0.1, -0.05) is 6.92 Å². The molecule has 1 aromatic carbocycles. The molecule has 2 N–H and O–H groups in total. The van der Waals surface area contributed by atoms with Crippen molar-refractivity contribution >= 4 is 11.6 Å². The third kappa shape index (κ3) is 4.79. The number of benzene rings is 1. The number of ether oxygens (including phenoxy) is 1. The highest BCUT2D eigenvalue weighted by atomic mass is 16.5. The maximum absolute atomic E-state index is 11.7. The Morgan fingerprint density at radius 1 is 1.32 bits per heavy atom. The number of rotatable bonds is 6. The molecule has 0 aromatic heterocycles. The second-order valence-corrected chi connectivity index (χ2v) is 4.71. The Bertz CT molecular complexity index is 433. The van der Waals surface area contributed by atoms with Crippen LogP contribution in [-0.2, 0) is 11.3 Å². The summed E-state index contributed by atoms with van der Waals surface area (Å²) in [5.74, 6) is 0.836. The highest BCUT2D eigenvalue weighted by molar-refractivity contribution is 5.77. The summed E-state index contributed by atoms with van der Waals surface area (Å²) in [4.78, 5) is 15.4. The Labute approximate surface area is 114 Å². The van der Waals surface area contributed by atoms with Gasteiger partial charge in [0.05, 0.1) is 13.7 Å². The molecule has 0 unspecified atom stereocenters. The van der Waals surface area contributed by atoms with Crippen molar-refractivity contribution in [3.05, 3.63) is 23.8 Å². The van der Waals surface area contributed by atoms with Gasteiger partial charge in [-0.05, 0) is 24.2 Å². The first-order valence-corrected chi connectivity index (χ1v) is 6.32. The molecule has 0 saturated carbocycles. The van der Waals surface area contributed by atoms with Crippen LogP contribution >= 0.6 is 0 Å². The van der Waals surface area contributed by atoms with Gasteiger partial charge in [-0.15, -0.1) is 0 Å². The lowest BCUT2D eigenvalue weighted by Crippen LogP contribution is -2.36. The lowest BCUT2D eigenvalue weighted by molar-refractivity contribution is -0.130. The normalized spacial score (nSPS) is 10.6. The monoisotopic (exact) mass is 265 g/mol. The van der Waals surface area contributed by atoms with E-state index in [1.54, 1.807) is 32.2 Å². The molecule has 0 aliphatic carbocycles. The Hall–Kier alpha value is -1.75. The van der Waals surface area contributed by atoms with Crippen LogP contribution in [0.3, 0.4) is 0 Å². The number of nitrogens with two attached hydrogens (primary N) is 1. The van der Waals surface area contributed by atoms with E-state index >= 15 is 0 Å². The summed E-state index contributed by atoms with van der Waals surface area (Å²) in [5, 5.41) is 0. The first-order chi connectivity index (χ1) is 8.96. The van der Waals surface area contributed by atoms with E-state index in [2.05, 4.69) is 4.90 Å². The summed E-state index contributed by atoms with van der Waals surface area (Å²) in [7, 11) is 5.14. The standard InChI is InChI=1S/C14H23N3O2/c1-5-17(10-14(18)16(2)3)9-11-6-12(15)8-13(7-11)19-4/h6-8H,5,9-10,15H2,1-4H3. The molecule has 1 amide bonds. The Balaban J connectivity index is 2.75. The van der Waals surface area contributed by atoms with Gasteiger partial charge in [-0.2, -0.15) is 0 Å². The third-order valence-corrected chi connectivity index (χ3v) is 2.94. The van der Waals surface area contributed by atoms with Gasteiger partial charge in [-0.3, -0.25) is 9.69 Å². The second-order valence-electron chi connectivity index (χ2n) is 4.71. The van der Waals surface area contributed by atoms with E-state index < -0.39 is 0 Å². The number of carbonyl (C=O) groups excluding carboxylic acids is 1. The topological polar surface area (TPSA) is 58.8 Å². The molecular weight excluding hydrogens is 242 g/mol. The summed E-state index contributed by atoms with van der Waals surface area (Å²) >= 11 is 0. The summed E-state index contributed by atoms with van der Waals surface area (Å²) < 4.78 is 5.20. The smallest absolute Gasteiger partial charge is 0.236 e. The van der Waals surface area contributed by atoms with Gasteiger partial charge < -0.3 is 15.4 Å². The van der Waals surface area contributed by atoms with Crippen molar-refractivity contribution in [2.24, 2.45) is 0 Å². The van der Waals surface area contributed by atoms with Crippen LogP contribution in [0.5, 0.6) is 5.75 Å². The molecule has 0 fully saturated rings. The molecule has 0 heterocycles. The molecule has 106 valence electrons. The minimum absolute atomic E-state index is 0.0951. The van der Waals surface area contributed by atoms with E-state index in [-0.39, 0.29) is 5.91 Å². The highest BCUT2D eigenvalue weighted by Crippen LogP contribution is 2.19. The molecule has 1 aromatic rings. The van der Waals surface area contributed by atoms with Gasteiger partial charge in [0.25, 0.3) is 0 Å². The lowest BCUT2D eigenvalue weighted by atomic mass is 10.1. The molecule has 0 radical (unpaired) electrons. The quantitative estimate of drug-likeness (QED) is 0.785. The maximum atomic E-state index is 11.7. The van der Waals surface area contributed by atoms with Crippen LogP contribution in [0.25, 0.3) is 0 Å². The molecule has 5 nitrogen and oxygen atoms in total. The molecular formula is C14H23N3O2. The van der Waals surface area contributed by atoms with Crippen molar-refractivity contribution in [2.45, 2.75) is 13.5 Å². The van der Waals surface area contributed by atoms with Crippen LogP contribution in [-0.4, -0.2) is 50.0 Å². The second kappa shape index (κ2) is 6.99. The van der Waals surface area contributed by atoms with Crippen molar-refractivity contribution in [3.63, 3.8) is 0 Å². The summed E-state index contributed by atoms with van der Waals surface area (Å²) in [6.07, 6.45) is 0. The molecule has 0 atom stereocenters. The predicted octanol–water partition coefficient (Wildman–Crippen LogP) is 1.19. The van der Waals surface area contributed by atoms with Crippen LogP contribution in [0.1, 0.15) is 12.5 Å². The SMILES string of the molecule is CCN(CC(=O)N(C)C)Cc1cc(N)cc(OC)c1. The molecule has 5 heteroatoms. The summed E-state index contributed by atoms with van der Waals surface area (Å²) in [6.45, 7) is 3.92. The van der Waals surface area contributed by atoms with E-state index in [1.165, 1.54) is 0 Å². The van der Waals surface area contributed by atoms with Gasteiger partial charge in [0.15, 0.2) is 0 Å². The van der Waals surface area contributed by atoms with E-state index in [0.29, 0.717) is 18.8 Å². The fourth-order valence-corrected chi connectivity index (χ4v) is 1.77. The van der Waals surface area contributed by atoms with Gasteiger partial charge >= 0.3 is 0 Å². The molecule has 0 spiro atoms. The third-order valence-electron chi connectivity index (χ3n) is 2.94. The van der Waals surface area contributed by atoms with Crippen molar-refractivity contribution in [3.8, 4) is 5.75 Å². The van der Waals surface area contributed by atoms with Gasteiger partial charge in [0.1, 0.15) is 5.75 Å². The fourth-order valence-electron chi connectivity index (χ4n) is 1.77. The zero-order valence-corrected chi connectivity index (χ0v) is 12.1. The van der Waals surface area contributed by atoms with Gasteiger partial charge in [0.2, 0.25) is 5.91 Å². The van der Waals surface area contributed by atoms with Crippen molar-refractivity contribution in [1.29, 1.82) is 0 Å². The van der Waals surface area contributed by atoms with Gasteiger partial charge in [0, 0.05) is 32.4 Å². The molecule has 19 heavy (non-hydrogen) atoms. The Kier molecular flexibility index (Phi) is 5.63. The average molecular weight is 265 g/mol. The Morgan fingerprint density at radius 3 is 2.53 bits per heavy atom. The van der Waals surface area contributed by atoms with E-state index in [9.17, 15) is 4.79 Å². The number of nitrogen functional groups attached to an aromatic ring is 1. The lowest BCUT2D eigenvalue weighted by Gasteiger charge is -2.22.